The summed E-state index contributed by atoms with van der Waals surface area (Å²) < 4.78 is 1.73. The lowest BCUT2D eigenvalue weighted by Crippen LogP contribution is -2.22. The Labute approximate surface area is 174 Å². The first kappa shape index (κ1) is 21.4. The number of nitrogens with one attached hydrogen (secondary N) is 2. The van der Waals surface area contributed by atoms with Gasteiger partial charge in [-0.25, -0.2) is 4.98 Å². The Morgan fingerprint density at radius 1 is 1.30 bits per heavy atom. The van der Waals surface area contributed by atoms with Crippen LogP contribution in [0.25, 0.3) is 10.6 Å². The van der Waals surface area contributed by atoms with Crippen molar-refractivity contribution in [2.75, 3.05) is 0 Å². The quantitative estimate of drug-likeness (QED) is 0.672. The zero-order chi connectivity index (χ0) is 17.4. The van der Waals surface area contributed by atoms with Gasteiger partial charge >= 0.3 is 0 Å². The molecular formula is C18H21Cl2N5OS. The second-order valence-electron chi connectivity index (χ2n) is 6.23. The number of carbonyl (C=O) groups is 1. The van der Waals surface area contributed by atoms with Crippen molar-refractivity contribution in [2.24, 2.45) is 7.05 Å². The number of carbonyl (C=O) groups excluding carboxylic acids is 1. The fourth-order valence-electron chi connectivity index (χ4n) is 2.98. The Morgan fingerprint density at radius 2 is 2.07 bits per heavy atom. The van der Waals surface area contributed by atoms with Gasteiger partial charge in [-0.15, -0.1) is 36.2 Å². The maximum absolute atomic E-state index is 12.5. The number of halogens is 2. The van der Waals surface area contributed by atoms with Crippen LogP contribution in [0.3, 0.4) is 0 Å². The number of hydrogen-bond donors (Lipinski definition) is 2. The van der Waals surface area contributed by atoms with E-state index in [9.17, 15) is 4.79 Å². The number of aryl methyl sites for hydroxylation is 2. The Morgan fingerprint density at radius 3 is 2.81 bits per heavy atom. The maximum atomic E-state index is 12.5. The molecule has 27 heavy (non-hydrogen) atoms. The van der Waals surface area contributed by atoms with Gasteiger partial charge in [-0.2, -0.15) is 5.10 Å². The van der Waals surface area contributed by atoms with Crippen LogP contribution < -0.4 is 10.6 Å². The van der Waals surface area contributed by atoms with E-state index in [4.69, 9.17) is 0 Å². The molecule has 2 aromatic heterocycles. The molecule has 0 saturated heterocycles. The van der Waals surface area contributed by atoms with Crippen LogP contribution in [-0.4, -0.2) is 20.7 Å². The number of thiazole rings is 1. The highest BCUT2D eigenvalue weighted by Crippen LogP contribution is 2.27. The van der Waals surface area contributed by atoms with Gasteiger partial charge in [0.15, 0.2) is 0 Å². The number of nitrogens with zero attached hydrogens (tertiary/aromatic N) is 3. The Hall–Kier alpha value is -1.93. The molecule has 3 heterocycles. The minimum Gasteiger partial charge on any atom is -0.347 e. The summed E-state index contributed by atoms with van der Waals surface area (Å²) in [7, 11) is 1.86. The summed E-state index contributed by atoms with van der Waals surface area (Å²) in [4.78, 5) is 17.7. The molecule has 0 saturated carbocycles. The van der Waals surface area contributed by atoms with Gasteiger partial charge in [0.2, 0.25) is 0 Å². The summed E-state index contributed by atoms with van der Waals surface area (Å²) in [5.74, 6) is -0.0798. The van der Waals surface area contributed by atoms with E-state index >= 15 is 0 Å². The van der Waals surface area contributed by atoms with Gasteiger partial charge in [-0.3, -0.25) is 9.48 Å². The fraction of sp³-hybridized carbons (Fsp3) is 0.278. The van der Waals surface area contributed by atoms with E-state index in [1.54, 1.807) is 10.9 Å². The van der Waals surface area contributed by atoms with Crippen molar-refractivity contribution in [1.82, 2.24) is 25.4 Å². The molecule has 0 bridgehead atoms. The van der Waals surface area contributed by atoms with Crippen LogP contribution in [0.2, 0.25) is 0 Å². The van der Waals surface area contributed by atoms with E-state index in [-0.39, 0.29) is 30.7 Å². The van der Waals surface area contributed by atoms with Crippen LogP contribution in [0.15, 0.2) is 30.6 Å². The second kappa shape index (κ2) is 8.84. The number of fused-ring (bicyclic) bond motifs is 1. The third kappa shape index (κ3) is 4.50. The molecule has 4 rings (SSSR count). The van der Waals surface area contributed by atoms with E-state index in [1.807, 2.05) is 20.2 Å². The summed E-state index contributed by atoms with van der Waals surface area (Å²) in [6.07, 6.45) is 3.66. The van der Waals surface area contributed by atoms with Crippen molar-refractivity contribution in [3.8, 4) is 10.6 Å². The molecule has 1 amide bonds. The third-order valence-electron chi connectivity index (χ3n) is 4.31. The molecule has 9 heteroatoms. The SMILES string of the molecule is Cc1nc(-c2cnn(C)c2)sc1C(=O)NCc1ccc2c(c1)CNC2.Cl.Cl. The minimum absolute atomic E-state index is 0. The standard InChI is InChI=1S/C18H19N5OS.2ClH/c1-11-16(25-18(22-11)15-9-21-23(2)10-15)17(24)20-6-12-3-4-13-7-19-8-14(13)5-12;;/h3-5,9-10,19H,6-8H2,1-2H3,(H,20,24);2*1H. The van der Waals surface area contributed by atoms with Crippen molar-refractivity contribution in [3.05, 3.63) is 57.9 Å². The first-order valence-corrected chi connectivity index (χ1v) is 8.98. The molecule has 0 fully saturated rings. The van der Waals surface area contributed by atoms with E-state index in [0.29, 0.717) is 11.4 Å². The predicted octanol–water partition coefficient (Wildman–Crippen LogP) is 3.23. The highest BCUT2D eigenvalue weighted by atomic mass is 35.5. The molecule has 1 aliphatic heterocycles. The lowest BCUT2D eigenvalue weighted by Gasteiger charge is -2.06. The molecule has 144 valence electrons. The second-order valence-corrected chi connectivity index (χ2v) is 7.22. The largest absolute Gasteiger partial charge is 0.347 e. The van der Waals surface area contributed by atoms with Crippen LogP contribution in [0, 0.1) is 6.92 Å². The van der Waals surface area contributed by atoms with E-state index in [1.165, 1.54) is 22.5 Å². The number of rotatable bonds is 4. The Bertz CT molecular complexity index is 953. The average molecular weight is 426 g/mol. The molecule has 1 aromatic carbocycles. The van der Waals surface area contributed by atoms with Gasteiger partial charge in [0.25, 0.3) is 5.91 Å². The van der Waals surface area contributed by atoms with Gasteiger partial charge < -0.3 is 10.6 Å². The predicted molar refractivity (Wildman–Crippen MR) is 112 cm³/mol. The highest BCUT2D eigenvalue weighted by molar-refractivity contribution is 7.17. The molecule has 1 aliphatic rings. The topological polar surface area (TPSA) is 71.8 Å². The van der Waals surface area contributed by atoms with Crippen molar-refractivity contribution in [2.45, 2.75) is 26.6 Å². The molecule has 0 unspecified atom stereocenters. The lowest BCUT2D eigenvalue weighted by atomic mass is 10.1. The van der Waals surface area contributed by atoms with Crippen LogP contribution in [-0.2, 0) is 26.7 Å². The highest BCUT2D eigenvalue weighted by Gasteiger charge is 2.17. The molecule has 6 nitrogen and oxygen atoms in total. The monoisotopic (exact) mass is 425 g/mol. The van der Waals surface area contributed by atoms with Crippen LogP contribution in [0.4, 0.5) is 0 Å². The maximum Gasteiger partial charge on any atom is 0.263 e. The zero-order valence-electron chi connectivity index (χ0n) is 15.0. The van der Waals surface area contributed by atoms with Gasteiger partial charge in [0, 0.05) is 38.4 Å². The van der Waals surface area contributed by atoms with Gasteiger partial charge in [0.05, 0.1) is 11.9 Å². The van der Waals surface area contributed by atoms with Crippen LogP contribution in [0.1, 0.15) is 32.1 Å². The van der Waals surface area contributed by atoms with Crippen LogP contribution in [0.5, 0.6) is 0 Å². The molecule has 0 spiro atoms. The molecule has 0 atom stereocenters. The van der Waals surface area contributed by atoms with Crippen molar-refractivity contribution in [1.29, 1.82) is 0 Å². The first-order valence-electron chi connectivity index (χ1n) is 8.16. The third-order valence-corrected chi connectivity index (χ3v) is 5.51. The van der Waals surface area contributed by atoms with Crippen LogP contribution >= 0.6 is 36.2 Å². The number of hydrogen-bond acceptors (Lipinski definition) is 5. The number of aromatic nitrogens is 3. The fourth-order valence-corrected chi connectivity index (χ4v) is 3.94. The smallest absolute Gasteiger partial charge is 0.263 e. The van der Waals surface area contributed by atoms with Crippen molar-refractivity contribution >= 4 is 42.1 Å². The Balaban J connectivity index is 0.00000131. The number of benzene rings is 1. The first-order chi connectivity index (χ1) is 12.1. The normalized spacial score (nSPS) is 12.1. The zero-order valence-corrected chi connectivity index (χ0v) is 17.4. The summed E-state index contributed by atoms with van der Waals surface area (Å²) in [6.45, 7) is 4.22. The van der Waals surface area contributed by atoms with Crippen molar-refractivity contribution in [3.63, 3.8) is 0 Å². The van der Waals surface area contributed by atoms with E-state index in [2.05, 4.69) is 38.9 Å². The summed E-state index contributed by atoms with van der Waals surface area (Å²) >= 11 is 1.40. The average Bonchev–Trinajstić information content (AvgIpc) is 3.31. The van der Waals surface area contributed by atoms with Gasteiger partial charge in [0.1, 0.15) is 9.88 Å². The van der Waals surface area contributed by atoms with E-state index in [0.717, 1.165) is 34.9 Å². The molecular weight excluding hydrogens is 405 g/mol. The molecule has 2 N–H and O–H groups in total. The van der Waals surface area contributed by atoms with Gasteiger partial charge in [-0.1, -0.05) is 18.2 Å². The summed E-state index contributed by atoms with van der Waals surface area (Å²) in [6, 6.07) is 6.37. The Kier molecular flexibility index (Phi) is 7.00. The summed E-state index contributed by atoms with van der Waals surface area (Å²) in [5.41, 5.74) is 5.46. The lowest BCUT2D eigenvalue weighted by molar-refractivity contribution is 0.0954. The minimum atomic E-state index is -0.0798. The number of amides is 1. The molecule has 3 aromatic rings. The van der Waals surface area contributed by atoms with E-state index < -0.39 is 0 Å². The van der Waals surface area contributed by atoms with Crippen molar-refractivity contribution < 1.29 is 4.79 Å². The molecule has 0 aliphatic carbocycles. The van der Waals surface area contributed by atoms with Gasteiger partial charge in [-0.05, 0) is 23.6 Å². The molecule has 0 radical (unpaired) electrons. The summed E-state index contributed by atoms with van der Waals surface area (Å²) in [5, 5.41) is 11.3.